The molecule has 0 saturated carbocycles. The van der Waals surface area contributed by atoms with Gasteiger partial charge >= 0.3 is 0 Å². The number of hydrogen-bond donors (Lipinski definition) is 1. The predicted molar refractivity (Wildman–Crippen MR) is 87.3 cm³/mol. The van der Waals surface area contributed by atoms with Gasteiger partial charge in [-0.05, 0) is 23.3 Å². The lowest BCUT2D eigenvalue weighted by atomic mass is 10.1. The Hall–Kier alpha value is -1.13. The summed E-state index contributed by atoms with van der Waals surface area (Å²) in [6.07, 6.45) is 0. The van der Waals surface area contributed by atoms with Gasteiger partial charge in [-0.15, -0.1) is 0 Å². The fraction of sp³-hybridized carbons (Fsp3) is 0.133. The van der Waals surface area contributed by atoms with Gasteiger partial charge in [0.25, 0.3) is 0 Å². The number of rotatable bonds is 5. The fourth-order valence-electron chi connectivity index (χ4n) is 1.70. The summed E-state index contributed by atoms with van der Waals surface area (Å²) in [6, 6.07) is 13.0. The number of hydrogen-bond acceptors (Lipinski definition) is 2. The molecule has 0 fully saturated rings. The molecule has 2 aromatic rings. The lowest BCUT2D eigenvalue weighted by Crippen LogP contribution is -2.09. The summed E-state index contributed by atoms with van der Waals surface area (Å²) in [6.45, 7) is 0.842. The van der Waals surface area contributed by atoms with Crippen LogP contribution >= 0.6 is 35.4 Å². The fourth-order valence-corrected chi connectivity index (χ4v) is 2.26. The van der Waals surface area contributed by atoms with E-state index < -0.39 is 0 Å². The van der Waals surface area contributed by atoms with Crippen molar-refractivity contribution in [1.29, 1.82) is 0 Å². The summed E-state index contributed by atoms with van der Waals surface area (Å²) < 4.78 is 5.63. The Morgan fingerprint density at radius 2 is 1.65 bits per heavy atom. The zero-order chi connectivity index (χ0) is 14.5. The van der Waals surface area contributed by atoms with Crippen LogP contribution in [0.15, 0.2) is 42.5 Å². The van der Waals surface area contributed by atoms with Gasteiger partial charge < -0.3 is 10.5 Å². The molecule has 0 aliphatic rings. The second-order valence-electron chi connectivity index (χ2n) is 4.25. The molecule has 0 atom stereocenters. The van der Waals surface area contributed by atoms with Crippen LogP contribution in [0.3, 0.4) is 0 Å². The molecule has 0 aliphatic carbocycles. The van der Waals surface area contributed by atoms with Crippen LogP contribution in [-0.4, -0.2) is 4.99 Å². The third-order valence-electron chi connectivity index (χ3n) is 2.81. The van der Waals surface area contributed by atoms with E-state index >= 15 is 0 Å². The maximum absolute atomic E-state index is 6.17. The molecule has 2 nitrogen and oxygen atoms in total. The smallest absolute Gasteiger partial charge is 0.104 e. The zero-order valence-electron chi connectivity index (χ0n) is 10.6. The highest BCUT2D eigenvalue weighted by molar-refractivity contribution is 7.80. The maximum Gasteiger partial charge on any atom is 0.104 e. The van der Waals surface area contributed by atoms with Crippen molar-refractivity contribution < 1.29 is 4.74 Å². The molecule has 20 heavy (non-hydrogen) atoms. The predicted octanol–water partition coefficient (Wildman–Crippen LogP) is 4.34. The van der Waals surface area contributed by atoms with Crippen molar-refractivity contribution in [2.24, 2.45) is 5.73 Å². The standard InChI is InChI=1S/C15H13Cl2NOS/c16-13-4-2-1-3-11(13)8-19-9-12-6-5-10(15(18)20)7-14(12)17/h1-7H,8-9H2,(H2,18,20). The van der Waals surface area contributed by atoms with Crippen molar-refractivity contribution in [3.8, 4) is 0 Å². The molecule has 2 rings (SSSR count). The van der Waals surface area contributed by atoms with Crippen LogP contribution in [0.4, 0.5) is 0 Å². The highest BCUT2D eigenvalue weighted by Gasteiger charge is 2.05. The summed E-state index contributed by atoms with van der Waals surface area (Å²) in [7, 11) is 0. The van der Waals surface area contributed by atoms with Gasteiger partial charge in [0.15, 0.2) is 0 Å². The Labute approximate surface area is 133 Å². The Balaban J connectivity index is 1.98. The van der Waals surface area contributed by atoms with E-state index in [4.69, 9.17) is 45.9 Å². The Morgan fingerprint density at radius 1 is 1.00 bits per heavy atom. The van der Waals surface area contributed by atoms with Gasteiger partial charge in [0, 0.05) is 15.6 Å². The molecule has 2 aromatic carbocycles. The van der Waals surface area contributed by atoms with Gasteiger partial charge in [0.2, 0.25) is 0 Å². The van der Waals surface area contributed by atoms with Crippen molar-refractivity contribution in [2.75, 3.05) is 0 Å². The maximum atomic E-state index is 6.17. The summed E-state index contributed by atoms with van der Waals surface area (Å²) in [5.41, 5.74) is 8.14. The number of ether oxygens (including phenoxy) is 1. The minimum Gasteiger partial charge on any atom is -0.389 e. The van der Waals surface area contributed by atoms with Crippen LogP contribution in [0.2, 0.25) is 10.0 Å². The summed E-state index contributed by atoms with van der Waals surface area (Å²) in [5.74, 6) is 0. The molecule has 2 N–H and O–H groups in total. The first-order valence-corrected chi connectivity index (χ1v) is 7.13. The molecular formula is C15H13Cl2NOS. The van der Waals surface area contributed by atoms with Crippen molar-refractivity contribution in [2.45, 2.75) is 13.2 Å². The molecule has 0 spiro atoms. The van der Waals surface area contributed by atoms with E-state index in [1.54, 1.807) is 6.07 Å². The zero-order valence-corrected chi connectivity index (χ0v) is 12.9. The third-order valence-corrected chi connectivity index (χ3v) is 3.77. The van der Waals surface area contributed by atoms with E-state index in [0.717, 1.165) is 16.7 Å². The summed E-state index contributed by atoms with van der Waals surface area (Å²) >= 11 is 17.1. The lowest BCUT2D eigenvalue weighted by Gasteiger charge is -2.09. The number of benzene rings is 2. The average Bonchev–Trinajstić information content (AvgIpc) is 2.42. The van der Waals surface area contributed by atoms with Crippen molar-refractivity contribution in [3.63, 3.8) is 0 Å². The van der Waals surface area contributed by atoms with E-state index in [1.165, 1.54) is 0 Å². The first kappa shape index (κ1) is 15.3. The second-order valence-corrected chi connectivity index (χ2v) is 5.51. The quantitative estimate of drug-likeness (QED) is 0.830. The van der Waals surface area contributed by atoms with Crippen LogP contribution in [0.5, 0.6) is 0 Å². The molecule has 104 valence electrons. The lowest BCUT2D eigenvalue weighted by molar-refractivity contribution is 0.107. The summed E-state index contributed by atoms with van der Waals surface area (Å²) in [5, 5.41) is 1.29. The Morgan fingerprint density at radius 3 is 2.25 bits per heavy atom. The van der Waals surface area contributed by atoms with Gasteiger partial charge in [-0.25, -0.2) is 0 Å². The topological polar surface area (TPSA) is 35.2 Å². The van der Waals surface area contributed by atoms with Crippen LogP contribution in [0.1, 0.15) is 16.7 Å². The SMILES string of the molecule is NC(=S)c1ccc(COCc2ccccc2Cl)c(Cl)c1. The van der Waals surface area contributed by atoms with Crippen molar-refractivity contribution in [3.05, 3.63) is 69.2 Å². The molecule has 0 radical (unpaired) electrons. The molecule has 0 unspecified atom stereocenters. The van der Waals surface area contributed by atoms with E-state index in [2.05, 4.69) is 0 Å². The molecule has 0 saturated heterocycles. The summed E-state index contributed by atoms with van der Waals surface area (Å²) in [4.78, 5) is 0.329. The number of thiocarbonyl (C=S) groups is 1. The number of halogens is 2. The average molecular weight is 326 g/mol. The third kappa shape index (κ3) is 3.93. The highest BCUT2D eigenvalue weighted by Crippen LogP contribution is 2.21. The van der Waals surface area contributed by atoms with E-state index in [-0.39, 0.29) is 0 Å². The van der Waals surface area contributed by atoms with Crippen LogP contribution < -0.4 is 5.73 Å². The molecule has 0 amide bonds. The normalized spacial score (nSPS) is 10.5. The van der Waals surface area contributed by atoms with Crippen LogP contribution in [-0.2, 0) is 18.0 Å². The van der Waals surface area contributed by atoms with Gasteiger partial charge in [-0.2, -0.15) is 0 Å². The van der Waals surface area contributed by atoms with E-state index in [1.807, 2.05) is 36.4 Å². The molecule has 5 heteroatoms. The first-order chi connectivity index (χ1) is 9.58. The van der Waals surface area contributed by atoms with Crippen molar-refractivity contribution in [1.82, 2.24) is 0 Å². The van der Waals surface area contributed by atoms with Crippen molar-refractivity contribution >= 4 is 40.4 Å². The van der Waals surface area contributed by atoms with Gasteiger partial charge in [0.1, 0.15) is 4.99 Å². The molecule has 0 bridgehead atoms. The number of nitrogens with two attached hydrogens (primary N) is 1. The van der Waals surface area contributed by atoms with E-state index in [0.29, 0.717) is 28.2 Å². The molecule has 0 aromatic heterocycles. The van der Waals surface area contributed by atoms with E-state index in [9.17, 15) is 0 Å². The van der Waals surface area contributed by atoms with Crippen LogP contribution in [0.25, 0.3) is 0 Å². The Bertz CT molecular complexity index is 631. The highest BCUT2D eigenvalue weighted by atomic mass is 35.5. The van der Waals surface area contributed by atoms with Crippen LogP contribution in [0, 0.1) is 0 Å². The minimum atomic E-state index is 0.329. The Kier molecular flexibility index (Phi) is 5.38. The molecule has 0 aliphatic heterocycles. The largest absolute Gasteiger partial charge is 0.389 e. The van der Waals surface area contributed by atoms with Gasteiger partial charge in [-0.1, -0.05) is 65.8 Å². The van der Waals surface area contributed by atoms with Gasteiger partial charge in [0.05, 0.1) is 13.2 Å². The molecular weight excluding hydrogens is 313 g/mol. The monoisotopic (exact) mass is 325 g/mol. The minimum absolute atomic E-state index is 0.329. The first-order valence-electron chi connectivity index (χ1n) is 5.97. The molecule has 0 heterocycles. The second kappa shape index (κ2) is 7.04. The van der Waals surface area contributed by atoms with Gasteiger partial charge in [-0.3, -0.25) is 0 Å².